The van der Waals surface area contributed by atoms with Crippen LogP contribution < -0.4 is 0 Å². The maximum atomic E-state index is 12.9. The van der Waals surface area contributed by atoms with E-state index in [4.69, 9.17) is 0 Å². The molecule has 2 heterocycles. The summed E-state index contributed by atoms with van der Waals surface area (Å²) in [6.07, 6.45) is 0. The second-order valence-electron chi connectivity index (χ2n) is 5.96. The zero-order valence-corrected chi connectivity index (χ0v) is 18.5. The average Bonchev–Trinajstić information content (AvgIpc) is 3.09. The molecule has 0 spiro atoms. The highest BCUT2D eigenvalue weighted by molar-refractivity contribution is 8.03. The fraction of sp³-hybridized carbons (Fsp3) is 0.467. The van der Waals surface area contributed by atoms with Crippen molar-refractivity contribution in [2.75, 3.05) is 39.0 Å². The van der Waals surface area contributed by atoms with Crippen molar-refractivity contribution in [3.05, 3.63) is 28.3 Å². The minimum absolute atomic E-state index is 0.0624. The van der Waals surface area contributed by atoms with E-state index in [1.165, 1.54) is 27.8 Å². The summed E-state index contributed by atoms with van der Waals surface area (Å²) in [6.45, 7) is 4.00. The van der Waals surface area contributed by atoms with E-state index < -0.39 is 14.9 Å². The lowest BCUT2D eigenvalue weighted by Crippen LogP contribution is -2.47. The molecule has 28 heavy (non-hydrogen) atoms. The molecular formula is C15H19N5O4S4. The predicted octanol–water partition coefficient (Wildman–Crippen LogP) is 2.65. The molecule has 0 unspecified atom stereocenters. The molecule has 0 N–H and O–H groups in total. The molecule has 1 aliphatic heterocycles. The van der Waals surface area contributed by atoms with Crippen LogP contribution >= 0.6 is 34.9 Å². The molecule has 1 fully saturated rings. The van der Waals surface area contributed by atoms with Gasteiger partial charge in [-0.2, -0.15) is 4.31 Å². The molecule has 0 atom stereocenters. The summed E-state index contributed by atoms with van der Waals surface area (Å²) in [5.74, 6) is 0.859. The van der Waals surface area contributed by atoms with Crippen molar-refractivity contribution in [3.8, 4) is 0 Å². The van der Waals surface area contributed by atoms with Crippen molar-refractivity contribution in [1.29, 1.82) is 0 Å². The van der Waals surface area contributed by atoms with E-state index in [1.54, 1.807) is 11.8 Å². The fourth-order valence-electron chi connectivity index (χ4n) is 2.58. The Morgan fingerprint density at radius 2 is 1.89 bits per heavy atom. The number of piperazine rings is 1. The van der Waals surface area contributed by atoms with Gasteiger partial charge in [0, 0.05) is 32.2 Å². The van der Waals surface area contributed by atoms with Crippen LogP contribution in [0.15, 0.2) is 36.7 Å². The first-order chi connectivity index (χ1) is 13.3. The molecule has 0 saturated carbocycles. The fourth-order valence-corrected chi connectivity index (χ4v) is 6.98. The van der Waals surface area contributed by atoms with Gasteiger partial charge in [0.15, 0.2) is 8.68 Å². The van der Waals surface area contributed by atoms with E-state index in [2.05, 4.69) is 10.2 Å². The first-order valence-corrected chi connectivity index (χ1v) is 12.5. The molecule has 1 aromatic carbocycles. The van der Waals surface area contributed by atoms with E-state index in [0.717, 1.165) is 27.9 Å². The largest absolute Gasteiger partial charge is 0.304 e. The van der Waals surface area contributed by atoms with E-state index in [-0.39, 0.29) is 10.6 Å². The van der Waals surface area contributed by atoms with Crippen LogP contribution in [0.1, 0.15) is 6.92 Å². The lowest BCUT2D eigenvalue weighted by molar-refractivity contribution is -0.388. The highest BCUT2D eigenvalue weighted by atomic mass is 32.2. The number of nitrogens with zero attached hydrogens (tertiary/aromatic N) is 5. The van der Waals surface area contributed by atoms with Crippen molar-refractivity contribution in [2.24, 2.45) is 0 Å². The van der Waals surface area contributed by atoms with Crippen LogP contribution in [0.2, 0.25) is 0 Å². The zero-order chi connectivity index (χ0) is 20.3. The SMILES string of the molecule is CCSc1nnc(Sc2ccc(S(=O)(=O)N3CCN(C)CC3)cc2[N+](=O)[O-])s1. The van der Waals surface area contributed by atoms with Crippen LogP contribution in [0, 0.1) is 10.1 Å². The number of sulfonamides is 1. The van der Waals surface area contributed by atoms with Gasteiger partial charge in [-0.15, -0.1) is 10.2 Å². The normalized spacial score (nSPS) is 16.4. The maximum absolute atomic E-state index is 12.9. The Kier molecular flexibility index (Phi) is 6.94. The molecular weight excluding hydrogens is 442 g/mol. The third kappa shape index (κ3) is 4.83. The number of thioether (sulfide) groups is 1. The number of hydrogen-bond acceptors (Lipinski definition) is 10. The first kappa shape index (κ1) is 21.5. The van der Waals surface area contributed by atoms with Crippen molar-refractivity contribution < 1.29 is 13.3 Å². The summed E-state index contributed by atoms with van der Waals surface area (Å²) in [5.41, 5.74) is -0.250. The molecule has 1 saturated heterocycles. The number of likely N-dealkylation sites (N-methyl/N-ethyl adjacent to an activating group) is 1. The Labute approximate surface area is 175 Å². The van der Waals surface area contributed by atoms with Gasteiger partial charge in [-0.1, -0.05) is 41.8 Å². The van der Waals surface area contributed by atoms with Gasteiger partial charge in [0.1, 0.15) is 0 Å². The minimum Gasteiger partial charge on any atom is -0.304 e. The van der Waals surface area contributed by atoms with Gasteiger partial charge in [-0.05, 0) is 24.9 Å². The monoisotopic (exact) mass is 461 g/mol. The van der Waals surface area contributed by atoms with Gasteiger partial charge >= 0.3 is 0 Å². The number of benzene rings is 1. The lowest BCUT2D eigenvalue weighted by Gasteiger charge is -2.31. The van der Waals surface area contributed by atoms with Gasteiger partial charge in [0.05, 0.1) is 14.7 Å². The smallest absolute Gasteiger partial charge is 0.284 e. The summed E-state index contributed by atoms with van der Waals surface area (Å²) < 4.78 is 28.5. The van der Waals surface area contributed by atoms with Gasteiger partial charge in [-0.3, -0.25) is 10.1 Å². The van der Waals surface area contributed by atoms with Gasteiger partial charge in [-0.25, -0.2) is 8.42 Å². The van der Waals surface area contributed by atoms with Crippen LogP contribution in [0.4, 0.5) is 5.69 Å². The second kappa shape index (κ2) is 9.05. The zero-order valence-electron chi connectivity index (χ0n) is 15.3. The first-order valence-electron chi connectivity index (χ1n) is 8.42. The van der Waals surface area contributed by atoms with Crippen molar-refractivity contribution in [1.82, 2.24) is 19.4 Å². The van der Waals surface area contributed by atoms with Crippen molar-refractivity contribution in [2.45, 2.75) is 25.4 Å². The molecule has 0 aliphatic carbocycles. The van der Waals surface area contributed by atoms with Crippen molar-refractivity contribution in [3.63, 3.8) is 0 Å². The van der Waals surface area contributed by atoms with Crippen LogP contribution in [-0.2, 0) is 10.0 Å². The van der Waals surface area contributed by atoms with Crippen LogP contribution in [0.3, 0.4) is 0 Å². The van der Waals surface area contributed by atoms with Gasteiger partial charge in [0.25, 0.3) is 5.69 Å². The molecule has 9 nitrogen and oxygen atoms in total. The molecule has 3 rings (SSSR count). The number of nitro benzene ring substituents is 1. The minimum atomic E-state index is -3.77. The number of rotatable bonds is 7. The Bertz CT molecular complexity index is 957. The van der Waals surface area contributed by atoms with Crippen LogP contribution in [-0.4, -0.2) is 71.7 Å². The van der Waals surface area contributed by atoms with E-state index in [1.807, 2.05) is 18.9 Å². The van der Waals surface area contributed by atoms with E-state index in [0.29, 0.717) is 35.4 Å². The summed E-state index contributed by atoms with van der Waals surface area (Å²) in [5, 5.41) is 19.6. The Morgan fingerprint density at radius 1 is 1.21 bits per heavy atom. The van der Waals surface area contributed by atoms with E-state index >= 15 is 0 Å². The molecule has 0 bridgehead atoms. The third-order valence-corrected chi connectivity index (χ3v) is 9.03. The Hall–Kier alpha value is -1.25. The maximum Gasteiger partial charge on any atom is 0.284 e. The third-order valence-electron chi connectivity index (χ3n) is 4.08. The highest BCUT2D eigenvalue weighted by Gasteiger charge is 2.30. The summed E-state index contributed by atoms with van der Waals surface area (Å²) in [6, 6.07) is 4.03. The summed E-state index contributed by atoms with van der Waals surface area (Å²) >= 11 is 4.02. The Morgan fingerprint density at radius 3 is 2.54 bits per heavy atom. The van der Waals surface area contributed by atoms with Gasteiger partial charge < -0.3 is 4.90 Å². The molecule has 2 aromatic rings. The standard InChI is InChI=1S/C15H19N5O4S4/c1-3-25-14-16-17-15(27-14)26-13-5-4-11(10-12(13)20(21)22)28(23,24)19-8-6-18(2)7-9-19/h4-5,10H,3,6-9H2,1-2H3. The van der Waals surface area contributed by atoms with Crippen molar-refractivity contribution >= 4 is 50.6 Å². The predicted molar refractivity (Wildman–Crippen MR) is 110 cm³/mol. The molecule has 13 heteroatoms. The van der Waals surface area contributed by atoms with Crippen LogP contribution in [0.25, 0.3) is 0 Å². The summed E-state index contributed by atoms with van der Waals surface area (Å²) in [4.78, 5) is 13.3. The number of hydrogen-bond donors (Lipinski definition) is 0. The lowest BCUT2D eigenvalue weighted by atomic mass is 10.3. The molecule has 1 aromatic heterocycles. The summed E-state index contributed by atoms with van der Waals surface area (Å²) in [7, 11) is -1.84. The average molecular weight is 462 g/mol. The molecule has 152 valence electrons. The topological polar surface area (TPSA) is 110 Å². The highest BCUT2D eigenvalue weighted by Crippen LogP contribution is 2.39. The number of aromatic nitrogens is 2. The number of nitro groups is 1. The van der Waals surface area contributed by atoms with Crippen LogP contribution in [0.5, 0.6) is 0 Å². The molecule has 0 amide bonds. The molecule has 0 radical (unpaired) electrons. The molecule has 1 aliphatic rings. The second-order valence-corrected chi connectivity index (χ2v) is 11.7. The quantitative estimate of drug-likeness (QED) is 0.349. The Balaban J connectivity index is 1.87. The van der Waals surface area contributed by atoms with E-state index in [9.17, 15) is 18.5 Å². The van der Waals surface area contributed by atoms with Gasteiger partial charge in [0.2, 0.25) is 10.0 Å².